The molecule has 0 aliphatic heterocycles. The van der Waals surface area contributed by atoms with Crippen molar-refractivity contribution in [3.8, 4) is 0 Å². The lowest BCUT2D eigenvalue weighted by Crippen LogP contribution is -1.85. The lowest BCUT2D eigenvalue weighted by molar-refractivity contribution is 1.68. The van der Waals surface area contributed by atoms with Crippen LogP contribution in [0.1, 0.15) is 0 Å². The highest BCUT2D eigenvalue weighted by atomic mass is 35.5. The smallest absolute Gasteiger partial charge is 0.0692 e. The highest BCUT2D eigenvalue weighted by molar-refractivity contribution is 6.38. The van der Waals surface area contributed by atoms with Crippen molar-refractivity contribution in [3.63, 3.8) is 0 Å². The number of rotatable bonds is 0. The largest absolute Gasteiger partial charge is 0.398 e. The maximum atomic E-state index is 5.60. The van der Waals surface area contributed by atoms with Crippen LogP contribution in [0.2, 0.25) is 20.1 Å². The second kappa shape index (κ2) is 10.5. The van der Waals surface area contributed by atoms with Crippen LogP contribution in [0.5, 0.6) is 0 Å². The van der Waals surface area contributed by atoms with E-state index in [0.717, 1.165) is 0 Å². The van der Waals surface area contributed by atoms with E-state index in [9.17, 15) is 0 Å². The van der Waals surface area contributed by atoms with Gasteiger partial charge in [-0.05, 0) is 30.3 Å². The maximum absolute atomic E-state index is 5.60. The molecule has 2 nitrogen and oxygen atoms in total. The molecule has 0 radical (unpaired) electrons. The van der Waals surface area contributed by atoms with Crippen LogP contribution < -0.4 is 11.5 Å². The van der Waals surface area contributed by atoms with Crippen LogP contribution >= 0.6 is 71.2 Å². The first-order valence-corrected chi connectivity index (χ1v) is 6.33. The van der Waals surface area contributed by atoms with E-state index in [1.54, 1.807) is 36.4 Å². The van der Waals surface area contributed by atoms with Gasteiger partial charge < -0.3 is 11.5 Å². The molecule has 112 valence electrons. The van der Waals surface area contributed by atoms with Crippen LogP contribution in [0.4, 0.5) is 11.4 Å². The summed E-state index contributed by atoms with van der Waals surface area (Å²) in [7, 11) is 0. The lowest BCUT2D eigenvalue weighted by atomic mass is 10.3. The highest BCUT2D eigenvalue weighted by Crippen LogP contribution is 2.25. The van der Waals surface area contributed by atoms with Gasteiger partial charge in [0, 0.05) is 5.02 Å². The van der Waals surface area contributed by atoms with Gasteiger partial charge in [0.05, 0.1) is 26.4 Å². The summed E-state index contributed by atoms with van der Waals surface area (Å²) in [6, 6.07) is 10.1. The summed E-state index contributed by atoms with van der Waals surface area (Å²) in [4.78, 5) is 0. The Balaban J connectivity index is 0. The van der Waals surface area contributed by atoms with Gasteiger partial charge in [0.1, 0.15) is 0 Å². The van der Waals surface area contributed by atoms with Crippen molar-refractivity contribution < 1.29 is 0 Å². The van der Waals surface area contributed by atoms with Crippen LogP contribution in [0.3, 0.4) is 0 Å². The zero-order valence-corrected chi connectivity index (χ0v) is 14.6. The summed E-state index contributed by atoms with van der Waals surface area (Å²) in [5, 5.41) is 2.11. The van der Waals surface area contributed by atoms with E-state index >= 15 is 0 Å². The number of nitrogens with two attached hydrogens (primary N) is 2. The van der Waals surface area contributed by atoms with E-state index in [1.807, 2.05) is 0 Å². The molecular weight excluding hydrogens is 385 g/mol. The number of anilines is 2. The summed E-state index contributed by atoms with van der Waals surface area (Å²) >= 11 is 22.4. The summed E-state index contributed by atoms with van der Waals surface area (Å²) in [6.07, 6.45) is 0. The molecule has 0 saturated heterocycles. The Morgan fingerprint density at radius 1 is 0.700 bits per heavy atom. The third-order valence-electron chi connectivity index (χ3n) is 1.96. The number of halogens is 6. The quantitative estimate of drug-likeness (QED) is 0.537. The van der Waals surface area contributed by atoms with Crippen LogP contribution in [0.15, 0.2) is 36.4 Å². The first kappa shape index (κ1) is 22.1. The molecule has 4 N–H and O–H groups in total. The predicted molar refractivity (Wildman–Crippen MR) is 96.2 cm³/mol. The van der Waals surface area contributed by atoms with Crippen LogP contribution in [-0.2, 0) is 0 Å². The molecule has 0 fully saturated rings. The summed E-state index contributed by atoms with van der Waals surface area (Å²) in [6.45, 7) is 0. The van der Waals surface area contributed by atoms with Crippen molar-refractivity contribution in [1.29, 1.82) is 0 Å². The molecule has 2 rings (SSSR count). The molecule has 2 aromatic rings. The monoisotopic (exact) mass is 394 g/mol. The van der Waals surface area contributed by atoms with E-state index in [1.165, 1.54) is 0 Å². The average Bonchev–Trinajstić information content (AvgIpc) is 2.32. The fraction of sp³-hybridized carbons (Fsp3) is 0. The fourth-order valence-electron chi connectivity index (χ4n) is 1.01. The van der Waals surface area contributed by atoms with Crippen molar-refractivity contribution in [1.82, 2.24) is 0 Å². The summed E-state index contributed by atoms with van der Waals surface area (Å²) in [5.74, 6) is 0. The minimum atomic E-state index is 0. The van der Waals surface area contributed by atoms with Gasteiger partial charge in [0.2, 0.25) is 0 Å². The number of benzene rings is 2. The minimum absolute atomic E-state index is 0. The van der Waals surface area contributed by atoms with E-state index in [-0.39, 0.29) is 24.8 Å². The molecule has 0 aromatic heterocycles. The molecule has 0 aliphatic rings. The van der Waals surface area contributed by atoms with Gasteiger partial charge in [-0.25, -0.2) is 0 Å². The van der Waals surface area contributed by atoms with Crippen molar-refractivity contribution >= 4 is 82.6 Å². The van der Waals surface area contributed by atoms with Crippen LogP contribution in [-0.4, -0.2) is 0 Å². The van der Waals surface area contributed by atoms with E-state index < -0.39 is 0 Å². The average molecular weight is 397 g/mol. The van der Waals surface area contributed by atoms with Crippen molar-refractivity contribution in [2.75, 3.05) is 11.5 Å². The molecule has 2 aromatic carbocycles. The van der Waals surface area contributed by atoms with Crippen molar-refractivity contribution in [3.05, 3.63) is 56.5 Å². The van der Waals surface area contributed by atoms with E-state index in [0.29, 0.717) is 31.5 Å². The second-order valence-corrected chi connectivity index (χ2v) is 4.96. The Kier molecular flexibility index (Phi) is 11.6. The Bertz CT molecular complexity index is 527. The molecule has 0 bridgehead atoms. The normalized spacial score (nSPS) is 8.60. The molecule has 0 unspecified atom stereocenters. The van der Waals surface area contributed by atoms with Gasteiger partial charge in [-0.2, -0.15) is 0 Å². The Labute approximate surface area is 150 Å². The topological polar surface area (TPSA) is 52.0 Å². The molecule has 8 heteroatoms. The van der Waals surface area contributed by atoms with Gasteiger partial charge in [-0.3, -0.25) is 0 Å². The van der Waals surface area contributed by atoms with E-state index in [4.69, 9.17) is 57.9 Å². The Morgan fingerprint density at radius 3 is 1.55 bits per heavy atom. The van der Waals surface area contributed by atoms with Crippen LogP contribution in [0.25, 0.3) is 0 Å². The zero-order chi connectivity index (χ0) is 13.7. The van der Waals surface area contributed by atoms with Gasteiger partial charge >= 0.3 is 0 Å². The first-order chi connectivity index (χ1) is 8.41. The molecule has 0 aliphatic carbocycles. The number of para-hydroxylation sites is 1. The molecule has 0 spiro atoms. The second-order valence-electron chi connectivity index (χ2n) is 3.30. The first-order valence-electron chi connectivity index (χ1n) is 4.82. The standard InChI is InChI=1S/2C6H5Cl2N.2ClH/c7-4-1-2-6(9)5(8)3-4;7-4-2-1-3-5(8)6(4)9;;/h2*1-3H,9H2;2*1H. The SMILES string of the molecule is Cl.Cl.Nc1c(Cl)cccc1Cl.Nc1ccc(Cl)cc1Cl. The number of hydrogen-bond acceptors (Lipinski definition) is 2. The van der Waals surface area contributed by atoms with Crippen molar-refractivity contribution in [2.45, 2.75) is 0 Å². The molecule has 0 saturated carbocycles. The van der Waals surface area contributed by atoms with Crippen molar-refractivity contribution in [2.24, 2.45) is 0 Å². The molecule has 0 atom stereocenters. The van der Waals surface area contributed by atoms with Gasteiger partial charge in [0.25, 0.3) is 0 Å². The lowest BCUT2D eigenvalue weighted by Gasteiger charge is -1.96. The third kappa shape index (κ3) is 6.98. The van der Waals surface area contributed by atoms with E-state index in [2.05, 4.69) is 0 Å². The minimum Gasteiger partial charge on any atom is -0.398 e. The highest BCUT2D eigenvalue weighted by Gasteiger charge is 1.97. The predicted octanol–water partition coefficient (Wildman–Crippen LogP) is 5.99. The number of hydrogen-bond donors (Lipinski definition) is 2. The number of nitrogen functional groups attached to an aromatic ring is 2. The third-order valence-corrected chi connectivity index (χ3v) is 3.18. The summed E-state index contributed by atoms with van der Waals surface area (Å²) < 4.78 is 0. The molecule has 0 amide bonds. The zero-order valence-electron chi connectivity index (χ0n) is 9.95. The molecule has 20 heavy (non-hydrogen) atoms. The summed E-state index contributed by atoms with van der Waals surface area (Å²) in [5.41, 5.74) is 11.8. The molecule has 0 heterocycles. The maximum Gasteiger partial charge on any atom is 0.0692 e. The molecular formula is C12H12Cl6N2. The van der Waals surface area contributed by atoms with Crippen LogP contribution in [0, 0.1) is 0 Å². The fourth-order valence-corrected chi connectivity index (χ4v) is 1.82. The Morgan fingerprint density at radius 2 is 1.20 bits per heavy atom. The van der Waals surface area contributed by atoms with Gasteiger partial charge in [-0.15, -0.1) is 24.8 Å². The van der Waals surface area contributed by atoms with Gasteiger partial charge in [-0.1, -0.05) is 52.5 Å². The Hall–Kier alpha value is -0.220. The van der Waals surface area contributed by atoms with Gasteiger partial charge in [0.15, 0.2) is 0 Å².